The highest BCUT2D eigenvalue weighted by Crippen LogP contribution is 2.33. The van der Waals surface area contributed by atoms with Crippen molar-refractivity contribution < 1.29 is 19.5 Å². The van der Waals surface area contributed by atoms with Crippen LogP contribution in [0.2, 0.25) is 0 Å². The van der Waals surface area contributed by atoms with Crippen molar-refractivity contribution in [2.75, 3.05) is 0 Å². The molecule has 5 nitrogen and oxygen atoms in total. The number of hydrogen-bond acceptors (Lipinski definition) is 5. The summed E-state index contributed by atoms with van der Waals surface area (Å²) in [4.78, 5) is 35.3. The Labute approximate surface area is 130 Å². The number of amides is 1. The van der Waals surface area contributed by atoms with E-state index >= 15 is 0 Å². The Hall–Kier alpha value is -1.99. The Bertz CT molecular complexity index is 651. The summed E-state index contributed by atoms with van der Waals surface area (Å²) in [5.41, 5.74) is 1.28. The predicted molar refractivity (Wildman–Crippen MR) is 83.9 cm³/mol. The smallest absolute Gasteiger partial charge is 0.326 e. The number of thiocarbonyl (C=S) groups is 1. The number of nitrogens with zero attached hydrogens (tertiary/aromatic N) is 1. The summed E-state index contributed by atoms with van der Waals surface area (Å²) in [7, 11) is 0. The molecule has 1 saturated heterocycles. The zero-order valence-electron chi connectivity index (χ0n) is 11.0. The van der Waals surface area contributed by atoms with Crippen LogP contribution in [0.1, 0.15) is 22.8 Å². The van der Waals surface area contributed by atoms with E-state index < -0.39 is 17.9 Å². The lowest BCUT2D eigenvalue weighted by Crippen LogP contribution is -2.41. The highest BCUT2D eigenvalue weighted by molar-refractivity contribution is 8.26. The van der Waals surface area contributed by atoms with Crippen molar-refractivity contribution in [1.29, 1.82) is 0 Å². The molecule has 1 aliphatic rings. The van der Waals surface area contributed by atoms with Crippen LogP contribution in [0.15, 0.2) is 29.2 Å². The summed E-state index contributed by atoms with van der Waals surface area (Å²) >= 11 is 6.13. The topological polar surface area (TPSA) is 74.7 Å². The average molecular weight is 321 g/mol. The summed E-state index contributed by atoms with van der Waals surface area (Å²) in [6.45, 7) is 1.41. The SMILES string of the molecule is C[C@H](C(=O)O)N1C(=O)/C(=C/c2ccc(C=O)cc2)SC1=S. The molecule has 1 fully saturated rings. The van der Waals surface area contributed by atoms with Crippen molar-refractivity contribution in [2.24, 2.45) is 0 Å². The molecule has 1 atom stereocenters. The number of aldehydes is 1. The molecule has 1 N–H and O–H groups in total. The maximum atomic E-state index is 12.2. The number of thioether (sulfide) groups is 1. The van der Waals surface area contributed by atoms with Gasteiger partial charge in [-0.3, -0.25) is 14.5 Å². The summed E-state index contributed by atoms with van der Waals surface area (Å²) in [6, 6.07) is 5.69. The van der Waals surface area contributed by atoms with Gasteiger partial charge in [-0.05, 0) is 18.6 Å². The number of carboxylic acid groups (broad SMARTS) is 1. The third-order valence-corrected chi connectivity index (χ3v) is 4.27. The Morgan fingerprint density at radius 2 is 1.90 bits per heavy atom. The van der Waals surface area contributed by atoms with Crippen molar-refractivity contribution in [3.63, 3.8) is 0 Å². The van der Waals surface area contributed by atoms with Crippen LogP contribution in [0.3, 0.4) is 0 Å². The van der Waals surface area contributed by atoms with Crippen LogP contribution in [0.5, 0.6) is 0 Å². The van der Waals surface area contributed by atoms with Crippen LogP contribution in [0.25, 0.3) is 6.08 Å². The summed E-state index contributed by atoms with van der Waals surface area (Å²) in [5, 5.41) is 9.00. The highest BCUT2D eigenvalue weighted by atomic mass is 32.2. The molecule has 0 aromatic heterocycles. The Balaban J connectivity index is 2.27. The van der Waals surface area contributed by atoms with Gasteiger partial charge in [0.2, 0.25) is 0 Å². The molecule has 108 valence electrons. The molecule has 0 unspecified atom stereocenters. The number of benzene rings is 1. The van der Waals surface area contributed by atoms with Crippen LogP contribution in [-0.4, -0.2) is 38.5 Å². The minimum atomic E-state index is -1.11. The molecule has 0 saturated carbocycles. The molecule has 1 aliphatic heterocycles. The van der Waals surface area contributed by atoms with Gasteiger partial charge in [0.05, 0.1) is 4.91 Å². The predicted octanol–water partition coefficient (Wildman–Crippen LogP) is 2.17. The molecule has 1 heterocycles. The van der Waals surface area contributed by atoms with Crippen LogP contribution in [0, 0.1) is 0 Å². The summed E-state index contributed by atoms with van der Waals surface area (Å²) < 4.78 is 0.227. The minimum Gasteiger partial charge on any atom is -0.480 e. The second-order valence-corrected chi connectivity index (χ2v) is 6.03. The van der Waals surface area contributed by atoms with Crippen LogP contribution in [-0.2, 0) is 9.59 Å². The van der Waals surface area contributed by atoms with Crippen molar-refractivity contribution in [3.8, 4) is 0 Å². The number of carbonyl (C=O) groups is 3. The van der Waals surface area contributed by atoms with Gasteiger partial charge in [0.25, 0.3) is 5.91 Å². The Kier molecular flexibility index (Phi) is 4.54. The van der Waals surface area contributed by atoms with E-state index in [1.54, 1.807) is 30.3 Å². The van der Waals surface area contributed by atoms with Crippen LogP contribution in [0.4, 0.5) is 0 Å². The van der Waals surface area contributed by atoms with Crippen LogP contribution < -0.4 is 0 Å². The van der Waals surface area contributed by atoms with Gasteiger partial charge in [0.15, 0.2) is 0 Å². The fourth-order valence-electron chi connectivity index (χ4n) is 1.75. The van der Waals surface area contributed by atoms with E-state index in [2.05, 4.69) is 0 Å². The van der Waals surface area contributed by atoms with Crippen molar-refractivity contribution in [1.82, 2.24) is 4.90 Å². The fourth-order valence-corrected chi connectivity index (χ4v) is 3.16. The van der Waals surface area contributed by atoms with Crippen LogP contribution >= 0.6 is 24.0 Å². The Morgan fingerprint density at radius 3 is 2.43 bits per heavy atom. The third kappa shape index (κ3) is 3.20. The van der Waals surface area contributed by atoms with Gasteiger partial charge in [-0.15, -0.1) is 0 Å². The maximum absolute atomic E-state index is 12.2. The molecule has 0 spiro atoms. The van der Waals surface area contributed by atoms with Crippen molar-refractivity contribution >= 4 is 52.5 Å². The van der Waals surface area contributed by atoms with Crippen molar-refractivity contribution in [2.45, 2.75) is 13.0 Å². The molecule has 21 heavy (non-hydrogen) atoms. The number of hydrogen-bond donors (Lipinski definition) is 1. The lowest BCUT2D eigenvalue weighted by Gasteiger charge is -2.18. The second-order valence-electron chi connectivity index (χ2n) is 4.35. The molecule has 0 aliphatic carbocycles. The third-order valence-electron chi connectivity index (χ3n) is 2.94. The first kappa shape index (κ1) is 15.4. The molecule has 0 bridgehead atoms. The normalized spacial score (nSPS) is 18.1. The largest absolute Gasteiger partial charge is 0.480 e. The average Bonchev–Trinajstić information content (AvgIpc) is 2.73. The molecule has 1 aromatic rings. The van der Waals surface area contributed by atoms with Crippen molar-refractivity contribution in [3.05, 3.63) is 40.3 Å². The van der Waals surface area contributed by atoms with Gasteiger partial charge in [-0.25, -0.2) is 4.79 Å². The molecular formula is C14H11NO4S2. The Morgan fingerprint density at radius 1 is 1.33 bits per heavy atom. The number of carboxylic acids is 1. The number of aliphatic carboxylic acids is 1. The van der Waals surface area contributed by atoms with E-state index in [0.29, 0.717) is 10.5 Å². The zero-order valence-corrected chi connectivity index (χ0v) is 12.6. The standard InChI is InChI=1S/C14H11NO4S2/c1-8(13(18)19)15-12(17)11(21-14(15)20)6-9-2-4-10(7-16)5-3-9/h2-8H,1H3,(H,18,19)/b11-6-/t8-/m1/s1. The summed E-state index contributed by atoms with van der Waals surface area (Å²) in [5.74, 6) is -1.53. The van der Waals surface area contributed by atoms with E-state index in [1.807, 2.05) is 0 Å². The van der Waals surface area contributed by atoms with Gasteiger partial charge >= 0.3 is 5.97 Å². The number of rotatable bonds is 4. The van der Waals surface area contributed by atoms with E-state index in [0.717, 1.165) is 28.5 Å². The number of carbonyl (C=O) groups excluding carboxylic acids is 2. The first-order valence-electron chi connectivity index (χ1n) is 5.99. The summed E-state index contributed by atoms with van der Waals surface area (Å²) in [6.07, 6.45) is 2.36. The van der Waals surface area contributed by atoms with E-state index in [9.17, 15) is 14.4 Å². The van der Waals surface area contributed by atoms with Gasteiger partial charge in [0, 0.05) is 5.56 Å². The lowest BCUT2D eigenvalue weighted by atomic mass is 10.1. The minimum absolute atomic E-state index is 0.227. The van der Waals surface area contributed by atoms with E-state index in [-0.39, 0.29) is 4.32 Å². The fraction of sp³-hybridized carbons (Fsp3) is 0.143. The van der Waals surface area contributed by atoms with Gasteiger partial charge in [0.1, 0.15) is 16.6 Å². The quantitative estimate of drug-likeness (QED) is 0.520. The molecule has 0 radical (unpaired) electrons. The monoisotopic (exact) mass is 321 g/mol. The first-order chi connectivity index (χ1) is 9.93. The molecule has 7 heteroatoms. The van der Waals surface area contributed by atoms with Gasteiger partial charge < -0.3 is 5.11 Å². The lowest BCUT2D eigenvalue weighted by molar-refractivity contribution is -0.144. The van der Waals surface area contributed by atoms with E-state index in [1.165, 1.54) is 6.92 Å². The highest BCUT2D eigenvalue weighted by Gasteiger charge is 2.38. The first-order valence-corrected chi connectivity index (χ1v) is 7.21. The molecular weight excluding hydrogens is 310 g/mol. The van der Waals surface area contributed by atoms with Gasteiger partial charge in [-0.1, -0.05) is 48.2 Å². The zero-order chi connectivity index (χ0) is 15.6. The van der Waals surface area contributed by atoms with Gasteiger partial charge in [-0.2, -0.15) is 0 Å². The second kappa shape index (κ2) is 6.19. The van der Waals surface area contributed by atoms with E-state index in [4.69, 9.17) is 17.3 Å². The molecule has 1 amide bonds. The maximum Gasteiger partial charge on any atom is 0.326 e. The molecule has 2 rings (SSSR count). The molecule has 1 aromatic carbocycles.